The second kappa shape index (κ2) is 7.45. The molecule has 2 rings (SSSR count). The summed E-state index contributed by atoms with van der Waals surface area (Å²) in [6.07, 6.45) is 3.18. The number of para-hydroxylation sites is 1. The Morgan fingerprint density at radius 1 is 1.12 bits per heavy atom. The average Bonchev–Trinajstić information content (AvgIpc) is 2.50. The third-order valence-electron chi connectivity index (χ3n) is 3.39. The number of aromatic nitrogens is 1. The van der Waals surface area contributed by atoms with Crippen LogP contribution in [0.2, 0.25) is 0 Å². The quantitative estimate of drug-likeness (QED) is 0.755. The summed E-state index contributed by atoms with van der Waals surface area (Å²) in [6.45, 7) is 1.76. The van der Waals surface area contributed by atoms with E-state index in [4.69, 9.17) is 0 Å². The molecule has 2 aromatic rings. The molecule has 7 nitrogen and oxygen atoms in total. The van der Waals surface area contributed by atoms with E-state index in [0.717, 1.165) is 11.6 Å². The summed E-state index contributed by atoms with van der Waals surface area (Å²) >= 11 is 0. The third-order valence-corrected chi connectivity index (χ3v) is 6.16. The number of pyridine rings is 1. The van der Waals surface area contributed by atoms with Crippen molar-refractivity contribution in [3.05, 3.63) is 36.5 Å². The van der Waals surface area contributed by atoms with Crippen molar-refractivity contribution >= 4 is 36.6 Å². The summed E-state index contributed by atoms with van der Waals surface area (Å²) in [7, 11) is -6.97. The summed E-state index contributed by atoms with van der Waals surface area (Å²) in [5.74, 6) is 0.0156. The maximum absolute atomic E-state index is 12.2. The fourth-order valence-corrected chi connectivity index (χ4v) is 4.41. The van der Waals surface area contributed by atoms with Crippen molar-refractivity contribution in [1.29, 1.82) is 0 Å². The lowest BCUT2D eigenvalue weighted by Gasteiger charge is -2.23. The summed E-state index contributed by atoms with van der Waals surface area (Å²) < 4.78 is 51.4. The first kappa shape index (κ1) is 18.6. The zero-order valence-electron chi connectivity index (χ0n) is 13.6. The van der Waals surface area contributed by atoms with Crippen LogP contribution in [-0.2, 0) is 20.0 Å². The molecule has 0 saturated heterocycles. The molecule has 1 aromatic carbocycles. The van der Waals surface area contributed by atoms with E-state index in [1.54, 1.807) is 31.3 Å². The lowest BCUT2D eigenvalue weighted by atomic mass is 10.2. The number of fused-ring (bicyclic) bond motifs is 1. The van der Waals surface area contributed by atoms with Crippen LogP contribution >= 0.6 is 0 Å². The molecule has 0 aliphatic heterocycles. The number of nitrogens with zero attached hydrogens (tertiary/aromatic N) is 2. The standard InChI is InChI=1S/C15H21N3O4S2/c1-3-12-24(21,22)17-10-11-18(23(2,19)20)14-8-4-6-13-7-5-9-16-15(13)14/h4-9,17H,3,10-12H2,1-2H3. The predicted molar refractivity (Wildman–Crippen MR) is 96.0 cm³/mol. The summed E-state index contributed by atoms with van der Waals surface area (Å²) in [6, 6.07) is 8.87. The highest BCUT2D eigenvalue weighted by Gasteiger charge is 2.20. The lowest BCUT2D eigenvalue weighted by molar-refractivity contribution is 0.577. The number of rotatable bonds is 8. The van der Waals surface area contributed by atoms with Gasteiger partial charge >= 0.3 is 0 Å². The summed E-state index contributed by atoms with van der Waals surface area (Å²) in [5, 5.41) is 0.815. The highest BCUT2D eigenvalue weighted by atomic mass is 32.2. The van der Waals surface area contributed by atoms with Crippen molar-refractivity contribution in [2.45, 2.75) is 13.3 Å². The number of benzene rings is 1. The van der Waals surface area contributed by atoms with E-state index in [9.17, 15) is 16.8 Å². The second-order valence-corrected chi connectivity index (χ2v) is 9.23. The van der Waals surface area contributed by atoms with Gasteiger partial charge in [-0.1, -0.05) is 25.1 Å². The topological polar surface area (TPSA) is 96.4 Å². The molecule has 0 aliphatic carbocycles. The Balaban J connectivity index is 2.30. The molecule has 0 unspecified atom stereocenters. The van der Waals surface area contributed by atoms with Gasteiger partial charge in [-0.2, -0.15) is 0 Å². The zero-order valence-corrected chi connectivity index (χ0v) is 15.3. The van der Waals surface area contributed by atoms with Crippen LogP contribution in [0, 0.1) is 0 Å². The molecular formula is C15H21N3O4S2. The van der Waals surface area contributed by atoms with Gasteiger partial charge in [-0.25, -0.2) is 21.6 Å². The molecule has 0 aliphatic rings. The van der Waals surface area contributed by atoms with Crippen molar-refractivity contribution in [1.82, 2.24) is 9.71 Å². The number of anilines is 1. The van der Waals surface area contributed by atoms with Crippen molar-refractivity contribution in [3.8, 4) is 0 Å². The van der Waals surface area contributed by atoms with E-state index in [0.29, 0.717) is 17.6 Å². The van der Waals surface area contributed by atoms with Crippen molar-refractivity contribution < 1.29 is 16.8 Å². The second-order valence-electron chi connectivity index (χ2n) is 5.40. The van der Waals surface area contributed by atoms with Crippen LogP contribution in [0.3, 0.4) is 0 Å². The van der Waals surface area contributed by atoms with Gasteiger partial charge in [-0.3, -0.25) is 9.29 Å². The molecular weight excluding hydrogens is 350 g/mol. The van der Waals surface area contributed by atoms with Gasteiger partial charge in [0.1, 0.15) is 0 Å². The minimum atomic E-state index is -3.58. The monoisotopic (exact) mass is 371 g/mol. The Morgan fingerprint density at radius 2 is 1.83 bits per heavy atom. The van der Waals surface area contributed by atoms with E-state index >= 15 is 0 Å². The molecule has 1 aromatic heterocycles. The molecule has 0 bridgehead atoms. The Kier molecular flexibility index (Phi) is 5.79. The van der Waals surface area contributed by atoms with E-state index in [1.807, 2.05) is 12.1 Å². The van der Waals surface area contributed by atoms with Crippen LogP contribution in [-0.4, -0.2) is 46.9 Å². The first-order valence-electron chi connectivity index (χ1n) is 7.53. The van der Waals surface area contributed by atoms with Crippen LogP contribution in [0.25, 0.3) is 10.9 Å². The molecule has 0 spiro atoms. The van der Waals surface area contributed by atoms with Crippen LogP contribution in [0.15, 0.2) is 36.5 Å². The van der Waals surface area contributed by atoms with E-state index in [2.05, 4.69) is 9.71 Å². The minimum Gasteiger partial charge on any atom is -0.267 e. The minimum absolute atomic E-state index is 0.00136. The Bertz CT molecular complexity index is 906. The molecule has 0 amide bonds. The predicted octanol–water partition coefficient (Wildman–Crippen LogP) is 1.33. The van der Waals surface area contributed by atoms with Gasteiger partial charge in [0.2, 0.25) is 20.0 Å². The van der Waals surface area contributed by atoms with Gasteiger partial charge in [0.25, 0.3) is 0 Å². The maximum Gasteiger partial charge on any atom is 0.232 e. The number of hydrogen-bond acceptors (Lipinski definition) is 5. The molecule has 0 radical (unpaired) electrons. The number of hydrogen-bond donors (Lipinski definition) is 1. The highest BCUT2D eigenvalue weighted by Crippen LogP contribution is 2.26. The molecule has 0 fully saturated rings. The molecule has 24 heavy (non-hydrogen) atoms. The SMILES string of the molecule is CCCS(=O)(=O)NCCN(c1cccc2cccnc12)S(C)(=O)=O. The summed E-state index contributed by atoms with van der Waals surface area (Å²) in [5.41, 5.74) is 0.993. The number of nitrogens with one attached hydrogen (secondary N) is 1. The fourth-order valence-electron chi connectivity index (χ4n) is 2.40. The van der Waals surface area contributed by atoms with E-state index < -0.39 is 20.0 Å². The van der Waals surface area contributed by atoms with Crippen molar-refractivity contribution in [3.63, 3.8) is 0 Å². The maximum atomic E-state index is 12.2. The van der Waals surface area contributed by atoms with Crippen molar-refractivity contribution in [2.24, 2.45) is 0 Å². The summed E-state index contributed by atoms with van der Waals surface area (Å²) in [4.78, 5) is 4.26. The smallest absolute Gasteiger partial charge is 0.232 e. The van der Waals surface area contributed by atoms with E-state index in [-0.39, 0.29) is 18.8 Å². The zero-order chi connectivity index (χ0) is 17.8. The first-order valence-corrected chi connectivity index (χ1v) is 11.0. The lowest BCUT2D eigenvalue weighted by Crippen LogP contribution is -2.38. The van der Waals surface area contributed by atoms with Crippen molar-refractivity contribution in [2.75, 3.05) is 29.4 Å². The molecule has 1 heterocycles. The highest BCUT2D eigenvalue weighted by molar-refractivity contribution is 7.92. The molecule has 1 N–H and O–H groups in total. The van der Waals surface area contributed by atoms with Gasteiger partial charge in [0.15, 0.2) is 0 Å². The first-order chi connectivity index (χ1) is 11.2. The molecule has 0 saturated carbocycles. The fraction of sp³-hybridized carbons (Fsp3) is 0.400. The van der Waals surface area contributed by atoms with Crippen LogP contribution in [0.5, 0.6) is 0 Å². The molecule has 9 heteroatoms. The van der Waals surface area contributed by atoms with Gasteiger partial charge < -0.3 is 0 Å². The van der Waals surface area contributed by atoms with E-state index in [1.165, 1.54) is 4.31 Å². The van der Waals surface area contributed by atoms with Gasteiger partial charge in [-0.15, -0.1) is 0 Å². The molecule has 0 atom stereocenters. The Hall–Kier alpha value is -1.71. The van der Waals surface area contributed by atoms with Crippen LogP contribution in [0.1, 0.15) is 13.3 Å². The van der Waals surface area contributed by atoms with Crippen LogP contribution in [0.4, 0.5) is 5.69 Å². The third kappa shape index (κ3) is 4.65. The molecule has 132 valence electrons. The normalized spacial score (nSPS) is 12.4. The van der Waals surface area contributed by atoms with Crippen LogP contribution < -0.4 is 9.03 Å². The Morgan fingerprint density at radius 3 is 2.50 bits per heavy atom. The Labute approximate surface area is 142 Å². The average molecular weight is 371 g/mol. The largest absolute Gasteiger partial charge is 0.267 e. The van der Waals surface area contributed by atoms with Gasteiger partial charge in [-0.05, 0) is 18.6 Å². The van der Waals surface area contributed by atoms with Gasteiger partial charge in [0, 0.05) is 24.7 Å². The van der Waals surface area contributed by atoms with Gasteiger partial charge in [0.05, 0.1) is 23.2 Å². The number of sulfonamides is 2.